The molecule has 21 heavy (non-hydrogen) atoms. The van der Waals surface area contributed by atoms with Crippen molar-refractivity contribution in [2.75, 3.05) is 23.3 Å². The maximum Gasteiger partial charge on any atom is 1.00 e. The van der Waals surface area contributed by atoms with E-state index >= 15 is 0 Å². The van der Waals surface area contributed by atoms with Crippen LogP contribution in [0, 0.1) is 0 Å². The molecule has 0 fully saturated rings. The SMILES string of the molecule is O.O=S(=O)([O-])CC(O)CCl.O=S(=O)([O-])CC(O)CCl.[Na+].[Na+]. The summed E-state index contributed by atoms with van der Waals surface area (Å²) in [5.41, 5.74) is 0. The van der Waals surface area contributed by atoms with Crippen molar-refractivity contribution in [1.29, 1.82) is 0 Å². The minimum absolute atomic E-state index is 0. The van der Waals surface area contributed by atoms with Crippen LogP contribution in [0.5, 0.6) is 0 Å². The summed E-state index contributed by atoms with van der Waals surface area (Å²) >= 11 is 10.0. The van der Waals surface area contributed by atoms with E-state index in [4.69, 9.17) is 33.4 Å². The fourth-order valence-corrected chi connectivity index (χ4v) is 2.22. The molecule has 0 aliphatic heterocycles. The Balaban J connectivity index is -0.0000000711. The first-order valence-corrected chi connectivity index (χ1v) is 8.49. The van der Waals surface area contributed by atoms with Gasteiger partial charge in [0.2, 0.25) is 0 Å². The van der Waals surface area contributed by atoms with E-state index < -0.39 is 43.9 Å². The predicted molar refractivity (Wildman–Crippen MR) is 66.2 cm³/mol. The third-order valence-electron chi connectivity index (χ3n) is 1.15. The molecule has 120 valence electrons. The Kier molecular flexibility index (Phi) is 28.2. The first-order chi connectivity index (χ1) is 7.91. The van der Waals surface area contributed by atoms with E-state index in [0.717, 1.165) is 0 Å². The monoisotopic (exact) mass is 410 g/mol. The minimum Gasteiger partial charge on any atom is -0.748 e. The Bertz CT molecular complexity index is 376. The minimum atomic E-state index is -4.32. The Morgan fingerprint density at radius 3 is 1.05 bits per heavy atom. The van der Waals surface area contributed by atoms with Crippen molar-refractivity contribution in [3.63, 3.8) is 0 Å². The predicted octanol–water partition coefficient (Wildman–Crippen LogP) is -8.55. The van der Waals surface area contributed by atoms with E-state index in [1.165, 1.54) is 0 Å². The molecule has 0 heterocycles. The average molecular weight is 411 g/mol. The van der Waals surface area contributed by atoms with Crippen LogP contribution >= 0.6 is 23.2 Å². The van der Waals surface area contributed by atoms with Crippen LogP contribution < -0.4 is 59.1 Å². The van der Waals surface area contributed by atoms with Gasteiger partial charge in [0.1, 0.15) is 0 Å². The summed E-state index contributed by atoms with van der Waals surface area (Å²) in [4.78, 5) is 0. The summed E-state index contributed by atoms with van der Waals surface area (Å²) in [5, 5.41) is 17.0. The van der Waals surface area contributed by atoms with Gasteiger partial charge in [0.15, 0.2) is 0 Å². The van der Waals surface area contributed by atoms with Crippen molar-refractivity contribution in [2.24, 2.45) is 0 Å². The second-order valence-electron chi connectivity index (χ2n) is 3.06. The molecule has 0 saturated heterocycles. The molecule has 0 radical (unpaired) electrons. The fraction of sp³-hybridized carbons (Fsp3) is 1.00. The van der Waals surface area contributed by atoms with Gasteiger partial charge >= 0.3 is 59.1 Å². The van der Waals surface area contributed by atoms with Crippen LogP contribution in [0.15, 0.2) is 0 Å². The van der Waals surface area contributed by atoms with E-state index in [1.54, 1.807) is 0 Å². The summed E-state index contributed by atoms with van der Waals surface area (Å²) < 4.78 is 59.0. The molecule has 2 atom stereocenters. The van der Waals surface area contributed by atoms with Crippen LogP contribution in [0.25, 0.3) is 0 Å². The summed E-state index contributed by atoms with van der Waals surface area (Å²) in [5.74, 6) is -2.09. The van der Waals surface area contributed by atoms with Crippen LogP contribution in [-0.2, 0) is 20.2 Å². The quantitative estimate of drug-likeness (QED) is 0.245. The number of aliphatic hydroxyl groups is 2. The van der Waals surface area contributed by atoms with Gasteiger partial charge in [-0.3, -0.25) is 0 Å². The number of halogens is 2. The number of aliphatic hydroxyl groups excluding tert-OH is 2. The van der Waals surface area contributed by atoms with Crippen LogP contribution in [0.1, 0.15) is 0 Å². The smallest absolute Gasteiger partial charge is 0.748 e. The molecule has 0 rings (SSSR count). The Hall–Kier alpha value is 2.28. The number of hydrogen-bond acceptors (Lipinski definition) is 8. The van der Waals surface area contributed by atoms with E-state index in [0.29, 0.717) is 0 Å². The van der Waals surface area contributed by atoms with Crippen LogP contribution in [-0.4, -0.2) is 77.1 Å². The van der Waals surface area contributed by atoms with E-state index in [1.807, 2.05) is 0 Å². The molecule has 2 unspecified atom stereocenters. The normalized spacial score (nSPS) is 13.2. The molecule has 0 aromatic heterocycles. The Morgan fingerprint density at radius 1 is 0.810 bits per heavy atom. The molecule has 15 heteroatoms. The third-order valence-corrected chi connectivity index (χ3v) is 3.45. The van der Waals surface area contributed by atoms with Crippen molar-refractivity contribution in [3.8, 4) is 0 Å². The van der Waals surface area contributed by atoms with Crippen LogP contribution in [0.3, 0.4) is 0 Å². The zero-order valence-corrected chi connectivity index (χ0v) is 18.5. The zero-order valence-electron chi connectivity index (χ0n) is 11.4. The molecular formula is C6H14Cl2Na2O9S2. The largest absolute Gasteiger partial charge is 1.00 e. The van der Waals surface area contributed by atoms with Gasteiger partial charge in [0.25, 0.3) is 0 Å². The van der Waals surface area contributed by atoms with Gasteiger partial charge in [0, 0.05) is 11.8 Å². The van der Waals surface area contributed by atoms with E-state index in [2.05, 4.69) is 0 Å². The zero-order chi connectivity index (χ0) is 15.0. The molecule has 0 aromatic carbocycles. The summed E-state index contributed by atoms with van der Waals surface area (Å²) in [6.45, 7) is 0. The summed E-state index contributed by atoms with van der Waals surface area (Å²) in [6, 6.07) is 0. The molecule has 9 nitrogen and oxygen atoms in total. The Labute approximate surface area is 177 Å². The first-order valence-electron chi connectivity index (χ1n) is 4.26. The van der Waals surface area contributed by atoms with Gasteiger partial charge in [-0.05, 0) is 0 Å². The summed E-state index contributed by atoms with van der Waals surface area (Å²) in [6.07, 6.45) is -2.48. The molecule has 0 saturated carbocycles. The first kappa shape index (κ1) is 34.6. The van der Waals surface area contributed by atoms with Crippen molar-refractivity contribution in [3.05, 3.63) is 0 Å². The third kappa shape index (κ3) is 34.6. The number of rotatable bonds is 6. The van der Waals surface area contributed by atoms with Crippen LogP contribution in [0.4, 0.5) is 0 Å². The fourth-order valence-electron chi connectivity index (χ4n) is 0.560. The van der Waals surface area contributed by atoms with Gasteiger partial charge in [-0.15, -0.1) is 23.2 Å². The van der Waals surface area contributed by atoms with E-state index in [9.17, 15) is 25.9 Å². The standard InChI is InChI=1S/2C3H7ClO4S.2Na.H2O/c2*4-1-3(5)2-9(6,7)8;;;/h2*3,5H,1-2H2,(H,6,7,8);;;1H2/q;;2*+1;/p-2. The van der Waals surface area contributed by atoms with Gasteiger partial charge < -0.3 is 24.8 Å². The average Bonchev–Trinajstić information content (AvgIpc) is 2.13. The van der Waals surface area contributed by atoms with Crippen molar-refractivity contribution in [1.82, 2.24) is 0 Å². The molecule has 0 aromatic rings. The van der Waals surface area contributed by atoms with Crippen molar-refractivity contribution < 1.29 is 101 Å². The molecule has 0 bridgehead atoms. The Morgan fingerprint density at radius 2 is 1.00 bits per heavy atom. The molecule has 0 amide bonds. The van der Waals surface area contributed by atoms with Gasteiger partial charge in [-0.25, -0.2) is 16.8 Å². The maximum atomic E-state index is 9.83. The van der Waals surface area contributed by atoms with E-state index in [-0.39, 0.29) is 76.4 Å². The molecular weight excluding hydrogens is 397 g/mol. The van der Waals surface area contributed by atoms with Crippen molar-refractivity contribution >= 4 is 43.4 Å². The van der Waals surface area contributed by atoms with Crippen LogP contribution in [0.2, 0.25) is 0 Å². The van der Waals surface area contributed by atoms with Gasteiger partial charge in [0.05, 0.1) is 43.9 Å². The maximum absolute atomic E-state index is 9.83. The number of hydrogen-bond donors (Lipinski definition) is 2. The van der Waals surface area contributed by atoms with Crippen molar-refractivity contribution in [2.45, 2.75) is 12.2 Å². The van der Waals surface area contributed by atoms with Gasteiger partial charge in [-0.2, -0.15) is 0 Å². The topological polar surface area (TPSA) is 186 Å². The second-order valence-corrected chi connectivity index (χ2v) is 6.58. The summed E-state index contributed by atoms with van der Waals surface area (Å²) in [7, 11) is -8.64. The number of alkyl halides is 2. The molecule has 0 aliphatic rings. The second kappa shape index (κ2) is 17.1. The molecule has 0 spiro atoms. The molecule has 4 N–H and O–H groups in total. The molecule has 0 aliphatic carbocycles. The van der Waals surface area contributed by atoms with Gasteiger partial charge in [-0.1, -0.05) is 0 Å².